The van der Waals surface area contributed by atoms with Crippen LogP contribution in [0.5, 0.6) is 11.5 Å². The van der Waals surface area contributed by atoms with E-state index in [4.69, 9.17) is 21.1 Å². The Labute approximate surface area is 219 Å². The molecule has 0 radical (unpaired) electrons. The highest BCUT2D eigenvalue weighted by Crippen LogP contribution is 2.36. The van der Waals surface area contributed by atoms with Crippen LogP contribution in [0.15, 0.2) is 70.7 Å². The molecule has 7 nitrogen and oxygen atoms in total. The Morgan fingerprint density at radius 1 is 1.03 bits per heavy atom. The number of hydrogen-bond acceptors (Lipinski definition) is 5. The third kappa shape index (κ3) is 5.58. The van der Waals surface area contributed by atoms with E-state index >= 15 is 0 Å². The number of barbiturate groups is 1. The molecule has 3 aromatic rings. The molecule has 0 atom stereocenters. The molecule has 36 heavy (non-hydrogen) atoms. The lowest BCUT2D eigenvalue weighted by atomic mass is 10.1. The zero-order valence-electron chi connectivity index (χ0n) is 18.9. The Morgan fingerprint density at radius 3 is 2.44 bits per heavy atom. The number of carbonyl (C=O) groups excluding carboxylic acids is 3. The van der Waals surface area contributed by atoms with Crippen LogP contribution in [0.4, 0.5) is 14.9 Å². The molecule has 184 valence electrons. The van der Waals surface area contributed by atoms with Gasteiger partial charge in [-0.05, 0) is 72.7 Å². The molecule has 1 fully saturated rings. The Bertz CT molecular complexity index is 1380. The van der Waals surface area contributed by atoms with Crippen LogP contribution in [-0.4, -0.2) is 24.5 Å². The maximum absolute atomic E-state index is 13.5. The molecule has 4 rings (SSSR count). The zero-order valence-corrected chi connectivity index (χ0v) is 21.2. The molecule has 0 aliphatic carbocycles. The van der Waals surface area contributed by atoms with Crippen LogP contribution in [-0.2, 0) is 16.2 Å². The van der Waals surface area contributed by atoms with Crippen molar-refractivity contribution in [3.63, 3.8) is 0 Å². The number of carbonyl (C=O) groups is 3. The Kier molecular flexibility index (Phi) is 7.71. The lowest BCUT2D eigenvalue weighted by Crippen LogP contribution is -2.54. The van der Waals surface area contributed by atoms with Gasteiger partial charge in [0.2, 0.25) is 0 Å². The van der Waals surface area contributed by atoms with Crippen LogP contribution < -0.4 is 19.7 Å². The normalized spacial score (nSPS) is 14.7. The van der Waals surface area contributed by atoms with Crippen LogP contribution >= 0.6 is 27.5 Å². The number of amides is 4. The third-order valence-electron chi connectivity index (χ3n) is 5.13. The standard InChI is InChI=1S/C26H19BrClFN2O5/c1-2-35-22-12-16(21(27)13-23(22)36-14-15-4-3-5-18(29)10-15)11-20-24(32)30-26(34)31(25(20)33)19-8-6-17(28)7-9-19/h3-13H,2,14H2,1H3,(H,30,32,34)/b20-11+. The average molecular weight is 574 g/mol. The highest BCUT2D eigenvalue weighted by atomic mass is 79.9. The molecule has 1 aliphatic rings. The number of anilines is 1. The number of hydrogen-bond donors (Lipinski definition) is 1. The van der Waals surface area contributed by atoms with Crippen molar-refractivity contribution in [2.45, 2.75) is 13.5 Å². The number of halogens is 3. The maximum atomic E-state index is 13.5. The lowest BCUT2D eigenvalue weighted by Gasteiger charge is -2.26. The molecule has 0 spiro atoms. The number of ether oxygens (including phenoxy) is 2. The van der Waals surface area contributed by atoms with E-state index in [9.17, 15) is 18.8 Å². The predicted molar refractivity (Wildman–Crippen MR) is 136 cm³/mol. The molecule has 1 N–H and O–H groups in total. The van der Waals surface area contributed by atoms with Crippen molar-refractivity contribution >= 4 is 57.1 Å². The molecule has 0 aromatic heterocycles. The van der Waals surface area contributed by atoms with Gasteiger partial charge in [-0.1, -0.05) is 39.7 Å². The van der Waals surface area contributed by atoms with Gasteiger partial charge in [0.15, 0.2) is 11.5 Å². The van der Waals surface area contributed by atoms with E-state index in [0.717, 1.165) is 4.90 Å². The van der Waals surface area contributed by atoms with Crippen LogP contribution in [0, 0.1) is 5.82 Å². The van der Waals surface area contributed by atoms with Gasteiger partial charge in [-0.15, -0.1) is 0 Å². The van der Waals surface area contributed by atoms with Gasteiger partial charge >= 0.3 is 6.03 Å². The fourth-order valence-corrected chi connectivity index (χ4v) is 4.03. The van der Waals surface area contributed by atoms with Crippen molar-refractivity contribution in [1.82, 2.24) is 5.32 Å². The molecule has 0 bridgehead atoms. The summed E-state index contributed by atoms with van der Waals surface area (Å²) in [6.45, 7) is 2.22. The Hall–Kier alpha value is -3.69. The number of benzene rings is 3. The van der Waals surface area contributed by atoms with Crippen LogP contribution in [0.3, 0.4) is 0 Å². The number of imide groups is 2. The van der Waals surface area contributed by atoms with Gasteiger partial charge in [0.1, 0.15) is 18.0 Å². The van der Waals surface area contributed by atoms with E-state index in [1.54, 1.807) is 31.2 Å². The largest absolute Gasteiger partial charge is 0.490 e. The summed E-state index contributed by atoms with van der Waals surface area (Å²) in [6, 6.07) is 14.5. The third-order valence-corrected chi connectivity index (χ3v) is 6.07. The smallest absolute Gasteiger partial charge is 0.335 e. The van der Waals surface area contributed by atoms with E-state index in [-0.39, 0.29) is 23.7 Å². The Balaban J connectivity index is 1.66. The van der Waals surface area contributed by atoms with Crippen LogP contribution in [0.25, 0.3) is 6.08 Å². The minimum absolute atomic E-state index is 0.101. The van der Waals surface area contributed by atoms with Crippen molar-refractivity contribution in [2.24, 2.45) is 0 Å². The molecule has 4 amide bonds. The van der Waals surface area contributed by atoms with E-state index in [2.05, 4.69) is 21.2 Å². The first-order valence-electron chi connectivity index (χ1n) is 10.8. The molecule has 1 heterocycles. The summed E-state index contributed by atoms with van der Waals surface area (Å²) in [4.78, 5) is 39.0. The van der Waals surface area contributed by atoms with Gasteiger partial charge in [-0.3, -0.25) is 14.9 Å². The van der Waals surface area contributed by atoms with E-state index in [1.165, 1.54) is 42.5 Å². The lowest BCUT2D eigenvalue weighted by molar-refractivity contribution is -0.122. The summed E-state index contributed by atoms with van der Waals surface area (Å²) in [6.07, 6.45) is 1.36. The van der Waals surface area contributed by atoms with Crippen molar-refractivity contribution < 1.29 is 28.2 Å². The fourth-order valence-electron chi connectivity index (χ4n) is 3.47. The quantitative estimate of drug-likeness (QED) is 0.282. The topological polar surface area (TPSA) is 84.9 Å². The van der Waals surface area contributed by atoms with E-state index < -0.39 is 17.8 Å². The van der Waals surface area contributed by atoms with E-state index in [0.29, 0.717) is 38.7 Å². The summed E-state index contributed by atoms with van der Waals surface area (Å²) in [5, 5.41) is 2.61. The molecule has 3 aromatic carbocycles. The molecule has 1 aliphatic heterocycles. The van der Waals surface area contributed by atoms with Gasteiger partial charge in [-0.2, -0.15) is 0 Å². The summed E-state index contributed by atoms with van der Waals surface area (Å²) in [7, 11) is 0. The van der Waals surface area contributed by atoms with Crippen molar-refractivity contribution in [2.75, 3.05) is 11.5 Å². The first-order valence-corrected chi connectivity index (χ1v) is 11.9. The SMILES string of the molecule is CCOc1cc(/C=C2\C(=O)NC(=O)N(c3ccc(Cl)cc3)C2=O)c(Br)cc1OCc1cccc(F)c1. The summed E-state index contributed by atoms with van der Waals surface area (Å²) >= 11 is 9.34. The minimum Gasteiger partial charge on any atom is -0.490 e. The van der Waals surface area contributed by atoms with Gasteiger partial charge in [0.25, 0.3) is 11.8 Å². The highest BCUT2D eigenvalue weighted by molar-refractivity contribution is 9.10. The number of nitrogens with zero attached hydrogens (tertiary/aromatic N) is 1. The molecule has 0 unspecified atom stereocenters. The first-order chi connectivity index (χ1) is 17.3. The summed E-state index contributed by atoms with van der Waals surface area (Å²) < 4.78 is 25.5. The van der Waals surface area contributed by atoms with Crippen molar-refractivity contribution in [3.8, 4) is 11.5 Å². The van der Waals surface area contributed by atoms with Gasteiger partial charge in [0.05, 0.1) is 12.3 Å². The van der Waals surface area contributed by atoms with Gasteiger partial charge in [-0.25, -0.2) is 14.1 Å². The first kappa shape index (κ1) is 25.4. The summed E-state index contributed by atoms with van der Waals surface area (Å²) in [5.74, 6) is -1.24. The second-order valence-electron chi connectivity index (χ2n) is 7.61. The van der Waals surface area contributed by atoms with Crippen molar-refractivity contribution in [1.29, 1.82) is 0 Å². The van der Waals surface area contributed by atoms with Crippen molar-refractivity contribution in [3.05, 3.63) is 92.7 Å². The van der Waals surface area contributed by atoms with Gasteiger partial charge in [0, 0.05) is 9.50 Å². The van der Waals surface area contributed by atoms with Gasteiger partial charge < -0.3 is 9.47 Å². The monoisotopic (exact) mass is 572 g/mol. The van der Waals surface area contributed by atoms with Crippen LogP contribution in [0.2, 0.25) is 5.02 Å². The molecular formula is C26H19BrClFN2O5. The minimum atomic E-state index is -0.861. The second-order valence-corrected chi connectivity index (χ2v) is 8.90. The molecule has 1 saturated heterocycles. The number of nitrogens with one attached hydrogen (secondary N) is 1. The molecule has 0 saturated carbocycles. The Morgan fingerprint density at radius 2 is 1.75 bits per heavy atom. The highest BCUT2D eigenvalue weighted by Gasteiger charge is 2.37. The molecular weight excluding hydrogens is 555 g/mol. The average Bonchev–Trinajstić information content (AvgIpc) is 2.83. The number of urea groups is 1. The summed E-state index contributed by atoms with van der Waals surface area (Å²) in [5.41, 5.74) is 1.09. The molecule has 10 heteroatoms. The zero-order chi connectivity index (χ0) is 25.8. The predicted octanol–water partition coefficient (Wildman–Crippen LogP) is 5.89. The van der Waals surface area contributed by atoms with Crippen LogP contribution in [0.1, 0.15) is 18.1 Å². The number of rotatable bonds is 7. The maximum Gasteiger partial charge on any atom is 0.335 e. The second kappa shape index (κ2) is 10.9. The fraction of sp³-hybridized carbons (Fsp3) is 0.115. The van der Waals surface area contributed by atoms with E-state index in [1.807, 2.05) is 0 Å².